The number of carbonyl (C=O) groups excluding carboxylic acids is 2. The lowest BCUT2D eigenvalue weighted by molar-refractivity contribution is -0.136. The molecule has 2 aromatic rings. The number of nitrogens with one attached hydrogen (secondary N) is 1. The fourth-order valence-corrected chi connectivity index (χ4v) is 2.38. The first-order valence-corrected chi connectivity index (χ1v) is 7.20. The van der Waals surface area contributed by atoms with Crippen LogP contribution in [0, 0.1) is 0 Å². The van der Waals surface area contributed by atoms with Gasteiger partial charge in [-0.05, 0) is 26.0 Å². The summed E-state index contributed by atoms with van der Waals surface area (Å²) >= 11 is 0. The van der Waals surface area contributed by atoms with E-state index in [-0.39, 0.29) is 5.52 Å². The number of alkyl halides is 3. The molecule has 1 aromatic heterocycles. The highest BCUT2D eigenvalue weighted by molar-refractivity contribution is 6.04. The van der Waals surface area contributed by atoms with E-state index in [4.69, 9.17) is 0 Å². The highest BCUT2D eigenvalue weighted by Gasteiger charge is 2.35. The van der Waals surface area contributed by atoms with E-state index >= 15 is 0 Å². The summed E-state index contributed by atoms with van der Waals surface area (Å²) in [6.07, 6.45) is -4.80. The molecule has 0 fully saturated rings. The van der Waals surface area contributed by atoms with E-state index in [9.17, 15) is 32.7 Å². The summed E-state index contributed by atoms with van der Waals surface area (Å²) in [6.45, 7) is 2.55. The van der Waals surface area contributed by atoms with Crippen LogP contribution < -0.4 is 10.9 Å². The van der Waals surface area contributed by atoms with Crippen molar-refractivity contribution in [2.24, 2.45) is 7.05 Å². The summed E-state index contributed by atoms with van der Waals surface area (Å²) < 4.78 is 40.6. The van der Waals surface area contributed by atoms with Crippen LogP contribution in [0.15, 0.2) is 23.0 Å². The first-order valence-electron chi connectivity index (χ1n) is 7.20. The van der Waals surface area contributed by atoms with Gasteiger partial charge in [0, 0.05) is 7.05 Å². The molecule has 1 heterocycles. The fraction of sp³-hybridized carbons (Fsp3) is 0.312. The monoisotopic (exact) mass is 356 g/mol. The molecule has 0 bridgehead atoms. The van der Waals surface area contributed by atoms with Gasteiger partial charge in [0.15, 0.2) is 5.78 Å². The average molecular weight is 356 g/mol. The number of rotatable bonds is 3. The molecule has 25 heavy (non-hydrogen) atoms. The first kappa shape index (κ1) is 18.5. The maximum Gasteiger partial charge on any atom is 0.417 e. The number of hydrogen-bond acceptors (Lipinski definition) is 4. The number of nitrogens with zero attached hydrogens (tertiary/aromatic N) is 1. The van der Waals surface area contributed by atoms with Gasteiger partial charge in [0.2, 0.25) is 0 Å². The van der Waals surface area contributed by atoms with Crippen LogP contribution in [-0.4, -0.2) is 27.4 Å². The third-order valence-electron chi connectivity index (χ3n) is 3.89. The lowest BCUT2D eigenvalue weighted by atomic mass is 10.0. The second-order valence-electron chi connectivity index (χ2n) is 5.59. The highest BCUT2D eigenvalue weighted by atomic mass is 19.4. The van der Waals surface area contributed by atoms with Gasteiger partial charge < -0.3 is 15.0 Å². The third-order valence-corrected chi connectivity index (χ3v) is 3.89. The predicted octanol–water partition coefficient (Wildman–Crippen LogP) is 1.97. The minimum absolute atomic E-state index is 0.173. The van der Waals surface area contributed by atoms with Gasteiger partial charge in [0.25, 0.3) is 11.5 Å². The van der Waals surface area contributed by atoms with Crippen molar-refractivity contribution in [2.45, 2.75) is 26.1 Å². The average Bonchev–Trinajstić information content (AvgIpc) is 2.51. The number of aromatic hydroxyl groups is 1. The number of Topliss-reactive ketones (excluding diaryl/α,β-unsaturated/α-hetero) is 1. The summed E-state index contributed by atoms with van der Waals surface area (Å²) in [5, 5.41) is 11.8. The van der Waals surface area contributed by atoms with Crippen molar-refractivity contribution in [1.29, 1.82) is 0 Å². The van der Waals surface area contributed by atoms with Crippen LogP contribution in [0.4, 0.5) is 13.2 Å². The van der Waals surface area contributed by atoms with Crippen LogP contribution in [0.25, 0.3) is 10.9 Å². The Morgan fingerprint density at radius 1 is 1.28 bits per heavy atom. The Labute approximate surface area is 139 Å². The number of carbonyl (C=O) groups is 2. The second-order valence-corrected chi connectivity index (χ2v) is 5.59. The molecule has 0 aliphatic heterocycles. The molecule has 1 atom stereocenters. The summed E-state index contributed by atoms with van der Waals surface area (Å²) in [5.41, 5.74) is -3.17. The number of amides is 1. The van der Waals surface area contributed by atoms with Gasteiger partial charge in [-0.3, -0.25) is 14.4 Å². The Morgan fingerprint density at radius 3 is 2.40 bits per heavy atom. The molecule has 134 valence electrons. The van der Waals surface area contributed by atoms with Crippen molar-refractivity contribution < 1.29 is 27.9 Å². The van der Waals surface area contributed by atoms with E-state index < -0.39 is 51.7 Å². The molecule has 6 nitrogen and oxygen atoms in total. The Bertz CT molecular complexity index is 932. The Hall–Kier alpha value is -2.84. The van der Waals surface area contributed by atoms with E-state index in [1.807, 2.05) is 0 Å². The Balaban J connectivity index is 2.81. The fourth-order valence-electron chi connectivity index (χ4n) is 2.38. The summed E-state index contributed by atoms with van der Waals surface area (Å²) in [5.74, 6) is -2.61. The maximum absolute atomic E-state index is 13.2. The van der Waals surface area contributed by atoms with Gasteiger partial charge in [-0.2, -0.15) is 13.2 Å². The van der Waals surface area contributed by atoms with E-state index in [1.165, 1.54) is 27.0 Å². The van der Waals surface area contributed by atoms with Gasteiger partial charge in [0.05, 0.1) is 22.5 Å². The summed E-state index contributed by atoms with van der Waals surface area (Å²) in [6, 6.07) is 2.10. The van der Waals surface area contributed by atoms with Crippen molar-refractivity contribution in [3.05, 3.63) is 39.7 Å². The number of fused-ring (bicyclic) bond motifs is 1. The van der Waals surface area contributed by atoms with Crippen molar-refractivity contribution in [2.75, 3.05) is 0 Å². The van der Waals surface area contributed by atoms with Crippen molar-refractivity contribution in [3.63, 3.8) is 0 Å². The molecule has 1 amide bonds. The molecule has 0 saturated carbocycles. The largest absolute Gasteiger partial charge is 0.506 e. The molecule has 0 saturated heterocycles. The van der Waals surface area contributed by atoms with Crippen LogP contribution in [-0.2, 0) is 18.0 Å². The van der Waals surface area contributed by atoms with E-state index in [0.717, 1.165) is 16.7 Å². The molecular weight excluding hydrogens is 341 g/mol. The number of benzene rings is 1. The van der Waals surface area contributed by atoms with Gasteiger partial charge >= 0.3 is 6.18 Å². The van der Waals surface area contributed by atoms with Gasteiger partial charge in [-0.1, -0.05) is 6.07 Å². The lowest BCUT2D eigenvalue weighted by Crippen LogP contribution is -2.40. The second kappa shape index (κ2) is 6.23. The number of aryl methyl sites for hydroxylation is 1. The quantitative estimate of drug-likeness (QED) is 0.880. The van der Waals surface area contributed by atoms with Crippen LogP contribution in [0.5, 0.6) is 5.75 Å². The number of aromatic nitrogens is 1. The van der Waals surface area contributed by atoms with Gasteiger partial charge in [0.1, 0.15) is 11.3 Å². The zero-order valence-electron chi connectivity index (χ0n) is 13.6. The predicted molar refractivity (Wildman–Crippen MR) is 83.5 cm³/mol. The number of hydrogen-bond donors (Lipinski definition) is 2. The van der Waals surface area contributed by atoms with Gasteiger partial charge in [-0.15, -0.1) is 0 Å². The van der Waals surface area contributed by atoms with Crippen molar-refractivity contribution in [3.8, 4) is 5.75 Å². The summed E-state index contributed by atoms with van der Waals surface area (Å²) in [7, 11) is 1.19. The topological polar surface area (TPSA) is 88.4 Å². The minimum atomic E-state index is -4.80. The molecular formula is C16H15F3N2O4. The maximum atomic E-state index is 13.2. The molecule has 0 radical (unpaired) electrons. The van der Waals surface area contributed by atoms with Crippen LogP contribution >= 0.6 is 0 Å². The SMILES string of the molecule is CC(=O)[C@H](C)NC(=O)c1c(O)c2c(C(F)(F)F)cccc2n(C)c1=O. The minimum Gasteiger partial charge on any atom is -0.506 e. The van der Waals surface area contributed by atoms with E-state index in [2.05, 4.69) is 5.32 Å². The first-order chi connectivity index (χ1) is 11.5. The molecule has 0 aliphatic carbocycles. The molecule has 9 heteroatoms. The number of halogens is 3. The van der Waals surface area contributed by atoms with Crippen LogP contribution in [0.1, 0.15) is 29.8 Å². The standard InChI is InChI=1S/C16H15F3N2O4/c1-7(8(2)22)20-14(24)12-13(23)11-9(16(17,18)19)5-4-6-10(11)21(3)15(12)25/h4-7,23H,1-3H3,(H,20,24)/t7-/m0/s1. The van der Waals surface area contributed by atoms with E-state index in [0.29, 0.717) is 0 Å². The van der Waals surface area contributed by atoms with E-state index in [1.54, 1.807) is 0 Å². The molecule has 1 aromatic carbocycles. The Morgan fingerprint density at radius 2 is 1.88 bits per heavy atom. The third kappa shape index (κ3) is 3.21. The normalized spacial score (nSPS) is 12.9. The van der Waals surface area contributed by atoms with Crippen LogP contribution in [0.2, 0.25) is 0 Å². The Kier molecular flexibility index (Phi) is 4.61. The zero-order valence-corrected chi connectivity index (χ0v) is 13.6. The van der Waals surface area contributed by atoms with Gasteiger partial charge in [-0.25, -0.2) is 0 Å². The lowest BCUT2D eigenvalue weighted by Gasteiger charge is -2.17. The zero-order chi connectivity index (χ0) is 19.1. The smallest absolute Gasteiger partial charge is 0.417 e. The van der Waals surface area contributed by atoms with Crippen LogP contribution in [0.3, 0.4) is 0 Å². The van der Waals surface area contributed by atoms with Crippen molar-refractivity contribution in [1.82, 2.24) is 9.88 Å². The number of ketones is 1. The molecule has 0 unspecified atom stereocenters. The molecule has 2 N–H and O–H groups in total. The molecule has 0 aliphatic rings. The highest BCUT2D eigenvalue weighted by Crippen LogP contribution is 2.39. The number of pyridine rings is 1. The summed E-state index contributed by atoms with van der Waals surface area (Å²) in [4.78, 5) is 35.8. The molecule has 2 rings (SSSR count). The molecule has 0 spiro atoms. The van der Waals surface area contributed by atoms with Crippen molar-refractivity contribution >= 4 is 22.6 Å².